The molecule has 2 aromatic heterocycles. The number of hydrogen-bond acceptors (Lipinski definition) is 6. The molecule has 0 bridgehead atoms. The zero-order valence-electron chi connectivity index (χ0n) is 13.9. The van der Waals surface area contributed by atoms with Crippen molar-refractivity contribution in [3.8, 4) is 11.3 Å². The van der Waals surface area contributed by atoms with E-state index in [1.807, 2.05) is 6.07 Å². The molecule has 2 heterocycles. The Bertz CT molecular complexity index is 1180. The molecule has 0 saturated heterocycles. The van der Waals surface area contributed by atoms with Crippen molar-refractivity contribution in [3.63, 3.8) is 0 Å². The summed E-state index contributed by atoms with van der Waals surface area (Å²) in [6, 6.07) is 20.1. The Kier molecular flexibility index (Phi) is 4.47. The fourth-order valence-corrected chi connectivity index (χ4v) is 4.89. The third kappa shape index (κ3) is 3.11. The molecule has 0 amide bonds. The highest BCUT2D eigenvalue weighted by molar-refractivity contribution is 7.91. The lowest BCUT2D eigenvalue weighted by Crippen LogP contribution is -2.10. The number of benzene rings is 2. The van der Waals surface area contributed by atoms with Crippen LogP contribution in [0.25, 0.3) is 11.3 Å². The minimum atomic E-state index is -4.01. The number of aromatic nitrogens is 1. The molecule has 4 aromatic rings. The van der Waals surface area contributed by atoms with Crippen LogP contribution in [0.2, 0.25) is 0 Å². The van der Waals surface area contributed by atoms with E-state index in [1.54, 1.807) is 60.0 Å². The molecule has 27 heavy (non-hydrogen) atoms. The van der Waals surface area contributed by atoms with Crippen molar-refractivity contribution in [1.82, 2.24) is 5.16 Å². The van der Waals surface area contributed by atoms with Crippen LogP contribution in [0.15, 0.2) is 92.5 Å². The first-order valence-electron chi connectivity index (χ1n) is 8.02. The molecule has 0 unspecified atom stereocenters. The SMILES string of the molecule is O=C(c1cccs1)c1noc(-c2ccccc2)c1S(=O)(=O)c1ccccc1. The number of nitrogens with zero attached hydrogens (tertiary/aromatic N) is 1. The highest BCUT2D eigenvalue weighted by atomic mass is 32.2. The summed E-state index contributed by atoms with van der Waals surface area (Å²) in [5, 5.41) is 5.59. The number of ketones is 1. The summed E-state index contributed by atoms with van der Waals surface area (Å²) in [5.41, 5.74) is 0.324. The second-order valence-corrected chi connectivity index (χ2v) is 8.51. The lowest BCUT2D eigenvalue weighted by Gasteiger charge is -2.06. The quantitative estimate of drug-likeness (QED) is 0.466. The Labute approximate surface area is 159 Å². The van der Waals surface area contributed by atoms with Crippen LogP contribution < -0.4 is 0 Å². The minimum absolute atomic E-state index is 0.0550. The van der Waals surface area contributed by atoms with E-state index in [1.165, 1.54) is 23.5 Å². The first-order chi connectivity index (χ1) is 13.1. The first-order valence-corrected chi connectivity index (χ1v) is 10.4. The maximum absolute atomic E-state index is 13.3. The Morgan fingerprint density at radius 1 is 0.889 bits per heavy atom. The van der Waals surface area contributed by atoms with Crippen LogP contribution in [0, 0.1) is 0 Å². The van der Waals surface area contributed by atoms with Gasteiger partial charge in [-0.3, -0.25) is 4.79 Å². The fraction of sp³-hybridized carbons (Fsp3) is 0. The van der Waals surface area contributed by atoms with Crippen molar-refractivity contribution in [2.45, 2.75) is 9.79 Å². The molecule has 4 rings (SSSR count). The van der Waals surface area contributed by atoms with Crippen LogP contribution in [0.3, 0.4) is 0 Å². The molecule has 0 spiro atoms. The maximum Gasteiger partial charge on any atom is 0.226 e. The molecule has 5 nitrogen and oxygen atoms in total. The van der Waals surface area contributed by atoms with Gasteiger partial charge in [0, 0.05) is 5.56 Å². The van der Waals surface area contributed by atoms with E-state index in [-0.39, 0.29) is 21.2 Å². The smallest absolute Gasteiger partial charge is 0.226 e. The van der Waals surface area contributed by atoms with Gasteiger partial charge in [-0.25, -0.2) is 8.42 Å². The number of carbonyl (C=O) groups is 1. The van der Waals surface area contributed by atoms with E-state index in [4.69, 9.17) is 4.52 Å². The lowest BCUT2D eigenvalue weighted by molar-refractivity contribution is 0.103. The van der Waals surface area contributed by atoms with Gasteiger partial charge in [0.2, 0.25) is 15.6 Å². The Hall–Kier alpha value is -3.03. The largest absolute Gasteiger partial charge is 0.354 e. The zero-order valence-corrected chi connectivity index (χ0v) is 15.5. The van der Waals surface area contributed by atoms with E-state index >= 15 is 0 Å². The summed E-state index contributed by atoms with van der Waals surface area (Å²) in [6.07, 6.45) is 0. The van der Waals surface area contributed by atoms with Crippen molar-refractivity contribution in [2.75, 3.05) is 0 Å². The van der Waals surface area contributed by atoms with Gasteiger partial charge in [-0.05, 0) is 23.6 Å². The summed E-state index contributed by atoms with van der Waals surface area (Å²) >= 11 is 1.22. The van der Waals surface area contributed by atoms with E-state index < -0.39 is 15.6 Å². The molecule has 0 aliphatic rings. The Morgan fingerprint density at radius 3 is 2.19 bits per heavy atom. The summed E-state index contributed by atoms with van der Waals surface area (Å²) in [4.78, 5) is 13.1. The van der Waals surface area contributed by atoms with Crippen LogP contribution in [0.4, 0.5) is 0 Å². The summed E-state index contributed by atoms with van der Waals surface area (Å²) in [6.45, 7) is 0. The van der Waals surface area contributed by atoms with E-state index in [2.05, 4.69) is 5.16 Å². The Morgan fingerprint density at radius 2 is 1.56 bits per heavy atom. The van der Waals surface area contributed by atoms with Crippen molar-refractivity contribution in [2.24, 2.45) is 0 Å². The first kappa shape index (κ1) is 17.4. The van der Waals surface area contributed by atoms with Gasteiger partial charge in [-0.2, -0.15) is 0 Å². The maximum atomic E-state index is 13.3. The highest BCUT2D eigenvalue weighted by Gasteiger charge is 2.34. The molecule has 0 saturated carbocycles. The van der Waals surface area contributed by atoms with Gasteiger partial charge in [-0.1, -0.05) is 59.8 Å². The van der Waals surface area contributed by atoms with Crippen LogP contribution >= 0.6 is 11.3 Å². The van der Waals surface area contributed by atoms with Gasteiger partial charge in [0.15, 0.2) is 16.3 Å². The number of hydrogen-bond donors (Lipinski definition) is 0. The van der Waals surface area contributed by atoms with Gasteiger partial charge >= 0.3 is 0 Å². The molecule has 0 N–H and O–H groups in total. The molecule has 0 aliphatic heterocycles. The predicted molar refractivity (Wildman–Crippen MR) is 102 cm³/mol. The summed E-state index contributed by atoms with van der Waals surface area (Å²) in [7, 11) is -4.01. The molecule has 7 heteroatoms. The third-order valence-electron chi connectivity index (χ3n) is 3.97. The van der Waals surface area contributed by atoms with Crippen LogP contribution in [-0.4, -0.2) is 19.4 Å². The van der Waals surface area contributed by atoms with Crippen LogP contribution in [-0.2, 0) is 9.84 Å². The summed E-state index contributed by atoms with van der Waals surface area (Å²) < 4.78 is 32.0. The highest BCUT2D eigenvalue weighted by Crippen LogP contribution is 2.35. The van der Waals surface area contributed by atoms with Crippen molar-refractivity contribution in [3.05, 3.63) is 88.7 Å². The number of sulfone groups is 1. The predicted octanol–water partition coefficient (Wildman–Crippen LogP) is 4.47. The number of rotatable bonds is 5. The molecule has 134 valence electrons. The van der Waals surface area contributed by atoms with Crippen LogP contribution in [0.5, 0.6) is 0 Å². The van der Waals surface area contributed by atoms with E-state index in [9.17, 15) is 13.2 Å². The second-order valence-electron chi connectivity index (χ2n) is 5.68. The lowest BCUT2D eigenvalue weighted by atomic mass is 10.1. The van der Waals surface area contributed by atoms with Gasteiger partial charge in [0.25, 0.3) is 0 Å². The van der Waals surface area contributed by atoms with Crippen LogP contribution in [0.1, 0.15) is 15.4 Å². The van der Waals surface area contributed by atoms with Gasteiger partial charge < -0.3 is 4.52 Å². The van der Waals surface area contributed by atoms with Gasteiger partial charge in [-0.15, -0.1) is 11.3 Å². The molecule has 0 aliphatic carbocycles. The third-order valence-corrected chi connectivity index (χ3v) is 6.65. The summed E-state index contributed by atoms with van der Waals surface area (Å²) in [5.74, 6) is -0.426. The molecule has 2 aromatic carbocycles. The molecule has 0 fully saturated rings. The fourth-order valence-electron chi connectivity index (χ4n) is 2.69. The molecule has 0 atom stereocenters. The average Bonchev–Trinajstić information content (AvgIpc) is 3.39. The Balaban J connectivity index is 1.97. The van der Waals surface area contributed by atoms with Gasteiger partial charge in [0.1, 0.15) is 0 Å². The van der Waals surface area contributed by atoms with Crippen molar-refractivity contribution < 1.29 is 17.7 Å². The average molecular weight is 395 g/mol. The standard InChI is InChI=1S/C20H13NO4S2/c22-18(16-12-7-13-26-16)17-20(27(23,24)15-10-5-2-6-11-15)19(25-21-17)14-8-3-1-4-9-14/h1-13H. The van der Waals surface area contributed by atoms with Crippen molar-refractivity contribution >= 4 is 27.0 Å². The van der Waals surface area contributed by atoms with E-state index in [0.717, 1.165) is 0 Å². The second kappa shape index (κ2) is 6.94. The molecular formula is C20H13NO4S2. The van der Waals surface area contributed by atoms with E-state index in [0.29, 0.717) is 10.4 Å². The van der Waals surface area contributed by atoms with Gasteiger partial charge in [0.05, 0.1) is 9.77 Å². The molecular weight excluding hydrogens is 382 g/mol. The monoisotopic (exact) mass is 395 g/mol. The zero-order chi connectivity index (χ0) is 18.9. The molecule has 0 radical (unpaired) electrons. The topological polar surface area (TPSA) is 77.2 Å². The number of thiophene rings is 1. The minimum Gasteiger partial charge on any atom is -0.354 e. The van der Waals surface area contributed by atoms with Crippen molar-refractivity contribution in [1.29, 1.82) is 0 Å². The number of carbonyl (C=O) groups excluding carboxylic acids is 1. The normalized spacial score (nSPS) is 11.4.